The Hall–Kier alpha value is -2.56. The Kier molecular flexibility index (Phi) is 3.25. The topological polar surface area (TPSA) is 26.0 Å². The van der Waals surface area contributed by atoms with Crippen molar-refractivity contribution in [3.05, 3.63) is 66.4 Å². The summed E-state index contributed by atoms with van der Waals surface area (Å²) in [5.41, 5.74) is -0.155. The van der Waals surface area contributed by atoms with E-state index in [9.17, 15) is 13.2 Å². The second-order valence-corrected chi connectivity index (χ2v) is 4.43. The first kappa shape index (κ1) is 13.4. The van der Waals surface area contributed by atoms with Crippen LogP contribution < -0.4 is 0 Å². The van der Waals surface area contributed by atoms with Gasteiger partial charge in [-0.2, -0.15) is 13.2 Å². The normalized spacial score (nSPS) is 11.6. The summed E-state index contributed by atoms with van der Waals surface area (Å²) >= 11 is 0. The van der Waals surface area contributed by atoms with E-state index in [0.29, 0.717) is 11.1 Å². The first-order valence-corrected chi connectivity index (χ1v) is 6.24. The fraction of sp³-hybridized carbons (Fsp3) is 0.0625. The smallest absolute Gasteiger partial charge is 0.435 e. The largest absolute Gasteiger partial charge is 0.437 e. The van der Waals surface area contributed by atoms with Gasteiger partial charge in [0.05, 0.1) is 0 Å². The van der Waals surface area contributed by atoms with Gasteiger partial charge in [-0.1, -0.05) is 48.5 Å². The van der Waals surface area contributed by atoms with Crippen LogP contribution in [0, 0.1) is 0 Å². The van der Waals surface area contributed by atoms with Gasteiger partial charge in [-0.3, -0.25) is 0 Å². The molecule has 0 spiro atoms. The van der Waals surface area contributed by atoms with E-state index in [0.717, 1.165) is 0 Å². The second kappa shape index (κ2) is 5.09. The lowest BCUT2D eigenvalue weighted by molar-refractivity contribution is -0.140. The van der Waals surface area contributed by atoms with Crippen molar-refractivity contribution in [1.82, 2.24) is 4.98 Å². The summed E-state index contributed by atoms with van der Waals surface area (Å²) in [4.78, 5) is 3.64. The Bertz CT molecular complexity index is 733. The van der Waals surface area contributed by atoms with Crippen molar-refractivity contribution in [2.45, 2.75) is 6.18 Å². The van der Waals surface area contributed by atoms with Gasteiger partial charge in [0.1, 0.15) is 0 Å². The molecular formula is C16H10F3NO. The lowest BCUT2D eigenvalue weighted by Gasteiger charge is -2.04. The maximum Gasteiger partial charge on any atom is 0.437 e. The minimum atomic E-state index is -4.57. The Balaban J connectivity index is 2.17. The molecule has 0 bridgehead atoms. The Morgan fingerprint density at radius 2 is 1.29 bits per heavy atom. The highest BCUT2D eigenvalue weighted by Gasteiger charge is 2.39. The summed E-state index contributed by atoms with van der Waals surface area (Å²) in [6.45, 7) is 0. The zero-order valence-corrected chi connectivity index (χ0v) is 10.8. The van der Waals surface area contributed by atoms with Gasteiger partial charge in [0.2, 0.25) is 5.89 Å². The Labute approximate surface area is 118 Å². The van der Waals surface area contributed by atoms with Crippen LogP contribution in [0.25, 0.3) is 22.8 Å². The molecule has 106 valence electrons. The van der Waals surface area contributed by atoms with E-state index in [-0.39, 0.29) is 11.7 Å². The molecule has 0 unspecified atom stereocenters. The number of hydrogen-bond acceptors (Lipinski definition) is 2. The summed E-state index contributed by atoms with van der Waals surface area (Å²) in [7, 11) is 0. The number of benzene rings is 2. The number of aromatic nitrogens is 1. The third kappa shape index (κ3) is 2.67. The predicted molar refractivity (Wildman–Crippen MR) is 72.4 cm³/mol. The molecule has 0 aliphatic carbocycles. The van der Waals surface area contributed by atoms with Crippen LogP contribution in [0.15, 0.2) is 65.1 Å². The van der Waals surface area contributed by atoms with Crippen LogP contribution in [0.2, 0.25) is 0 Å². The summed E-state index contributed by atoms with van der Waals surface area (Å²) in [5.74, 6) is -0.302. The highest BCUT2D eigenvalue weighted by molar-refractivity contribution is 5.64. The molecule has 0 amide bonds. The Morgan fingerprint density at radius 1 is 0.762 bits per heavy atom. The zero-order chi connectivity index (χ0) is 14.9. The molecule has 0 radical (unpaired) electrons. The molecule has 2 aromatic carbocycles. The maximum absolute atomic E-state index is 13.1. The van der Waals surface area contributed by atoms with E-state index in [4.69, 9.17) is 4.42 Å². The third-order valence-corrected chi connectivity index (χ3v) is 2.95. The number of alkyl halides is 3. The van der Waals surface area contributed by atoms with Gasteiger partial charge in [-0.15, -0.1) is 0 Å². The molecule has 0 fully saturated rings. The van der Waals surface area contributed by atoms with Crippen molar-refractivity contribution in [1.29, 1.82) is 0 Å². The first-order valence-electron chi connectivity index (χ1n) is 6.24. The van der Waals surface area contributed by atoms with E-state index in [2.05, 4.69) is 4.98 Å². The quantitative estimate of drug-likeness (QED) is 0.661. The van der Waals surface area contributed by atoms with E-state index in [1.807, 2.05) is 0 Å². The zero-order valence-electron chi connectivity index (χ0n) is 10.8. The highest BCUT2D eigenvalue weighted by atomic mass is 19.4. The number of rotatable bonds is 2. The van der Waals surface area contributed by atoms with E-state index < -0.39 is 11.9 Å². The van der Waals surface area contributed by atoms with Crippen LogP contribution >= 0.6 is 0 Å². The molecule has 21 heavy (non-hydrogen) atoms. The monoisotopic (exact) mass is 289 g/mol. The fourth-order valence-electron chi connectivity index (χ4n) is 2.00. The highest BCUT2D eigenvalue weighted by Crippen LogP contribution is 2.39. The van der Waals surface area contributed by atoms with Crippen LogP contribution in [0.5, 0.6) is 0 Å². The standard InChI is InChI=1S/C16H10F3NO/c17-16(18,19)14-13(11-7-3-1-4-8-11)21-15(20-14)12-9-5-2-6-10-12/h1-10H. The van der Waals surface area contributed by atoms with Crippen molar-refractivity contribution in [3.8, 4) is 22.8 Å². The molecule has 0 N–H and O–H groups in total. The molecule has 0 atom stereocenters. The van der Waals surface area contributed by atoms with E-state index in [1.165, 1.54) is 0 Å². The van der Waals surface area contributed by atoms with Crippen LogP contribution in [-0.4, -0.2) is 4.98 Å². The van der Waals surface area contributed by atoms with Crippen molar-refractivity contribution in [2.75, 3.05) is 0 Å². The van der Waals surface area contributed by atoms with Gasteiger partial charge < -0.3 is 4.42 Å². The van der Waals surface area contributed by atoms with Gasteiger partial charge in [-0.05, 0) is 12.1 Å². The minimum absolute atomic E-state index is 0.0400. The number of oxazole rings is 1. The van der Waals surface area contributed by atoms with E-state index >= 15 is 0 Å². The van der Waals surface area contributed by atoms with Crippen molar-refractivity contribution >= 4 is 0 Å². The molecule has 5 heteroatoms. The molecule has 0 aliphatic rings. The van der Waals surface area contributed by atoms with Crippen LogP contribution in [0.4, 0.5) is 13.2 Å². The van der Waals surface area contributed by atoms with Gasteiger partial charge in [0.25, 0.3) is 0 Å². The van der Waals surface area contributed by atoms with Crippen LogP contribution in [-0.2, 0) is 6.18 Å². The minimum Gasteiger partial charge on any atom is -0.435 e. The molecule has 0 saturated heterocycles. The van der Waals surface area contributed by atoms with Crippen LogP contribution in [0.1, 0.15) is 5.69 Å². The average Bonchev–Trinajstić information content (AvgIpc) is 2.94. The molecule has 3 aromatic rings. The molecule has 1 aromatic heterocycles. The van der Waals surface area contributed by atoms with Crippen molar-refractivity contribution in [3.63, 3.8) is 0 Å². The molecule has 2 nitrogen and oxygen atoms in total. The maximum atomic E-state index is 13.1. The average molecular weight is 289 g/mol. The third-order valence-electron chi connectivity index (χ3n) is 2.95. The molecule has 1 heterocycles. The van der Waals surface area contributed by atoms with Crippen molar-refractivity contribution < 1.29 is 17.6 Å². The molecule has 0 aliphatic heterocycles. The molecule has 0 saturated carbocycles. The summed E-state index contributed by atoms with van der Waals surface area (Å²) in [6, 6.07) is 16.7. The lowest BCUT2D eigenvalue weighted by Crippen LogP contribution is -2.07. The number of nitrogens with zero attached hydrogens (tertiary/aromatic N) is 1. The van der Waals surface area contributed by atoms with Gasteiger partial charge >= 0.3 is 6.18 Å². The Morgan fingerprint density at radius 3 is 1.81 bits per heavy atom. The van der Waals surface area contributed by atoms with E-state index in [1.54, 1.807) is 60.7 Å². The first-order chi connectivity index (χ1) is 10.1. The van der Waals surface area contributed by atoms with Gasteiger partial charge in [0, 0.05) is 11.1 Å². The number of hydrogen-bond donors (Lipinski definition) is 0. The summed E-state index contributed by atoms with van der Waals surface area (Å²) in [5, 5.41) is 0. The molecular weight excluding hydrogens is 279 g/mol. The second-order valence-electron chi connectivity index (χ2n) is 4.43. The van der Waals surface area contributed by atoms with Gasteiger partial charge in [0.15, 0.2) is 11.5 Å². The fourth-order valence-corrected chi connectivity index (χ4v) is 2.00. The predicted octanol–water partition coefficient (Wildman–Crippen LogP) is 5.03. The SMILES string of the molecule is FC(F)(F)c1nc(-c2ccccc2)oc1-c1ccccc1. The number of halogens is 3. The van der Waals surface area contributed by atoms with Gasteiger partial charge in [-0.25, -0.2) is 4.98 Å². The molecule has 3 rings (SSSR count). The lowest BCUT2D eigenvalue weighted by atomic mass is 10.1. The van der Waals surface area contributed by atoms with Crippen molar-refractivity contribution in [2.24, 2.45) is 0 Å². The summed E-state index contributed by atoms with van der Waals surface area (Å²) in [6.07, 6.45) is -4.57. The summed E-state index contributed by atoms with van der Waals surface area (Å²) < 4.78 is 44.8. The van der Waals surface area contributed by atoms with Crippen LogP contribution in [0.3, 0.4) is 0 Å².